The van der Waals surface area contributed by atoms with Crippen LogP contribution in [0.5, 0.6) is 0 Å². The van der Waals surface area contributed by atoms with Crippen molar-refractivity contribution in [1.82, 2.24) is 0 Å². The molecule has 1 N–H and O–H groups in total. The minimum absolute atomic E-state index is 0.246. The molecule has 1 fully saturated rings. The molecule has 1 aromatic carbocycles. The number of ether oxygens (including phenoxy) is 2. The van der Waals surface area contributed by atoms with E-state index in [1.54, 1.807) is 12.1 Å². The normalized spacial score (nSPS) is 17.1. The van der Waals surface area contributed by atoms with Crippen molar-refractivity contribution in [3.8, 4) is 0 Å². The zero-order valence-corrected chi connectivity index (χ0v) is 14.1. The van der Waals surface area contributed by atoms with Crippen LogP contribution in [-0.2, 0) is 19.1 Å². The Hall–Kier alpha value is -1.24. The van der Waals surface area contributed by atoms with Crippen LogP contribution in [-0.4, -0.2) is 17.7 Å². The zero-order chi connectivity index (χ0) is 15.8. The number of carbonyl (C=O) groups is 2. The molecule has 0 amide bonds. The Morgan fingerprint density at radius 3 is 2.10 bits per heavy atom. The van der Waals surface area contributed by atoms with Crippen LogP contribution in [0, 0.1) is 0 Å². The lowest BCUT2D eigenvalue weighted by Gasteiger charge is -2.29. The predicted molar refractivity (Wildman–Crippen MR) is 82.1 cm³/mol. The molecule has 0 spiro atoms. The lowest BCUT2D eigenvalue weighted by atomic mass is 10.2. The molecular formula is C13H10BrCl2NO4. The molecule has 1 heterocycles. The smallest absolute Gasteiger partial charge is 0.350 e. The van der Waals surface area contributed by atoms with Crippen molar-refractivity contribution in [1.29, 1.82) is 0 Å². The second kappa shape index (κ2) is 5.87. The molecule has 5 nitrogen and oxygen atoms in total. The highest BCUT2D eigenvalue weighted by atomic mass is 79.9. The monoisotopic (exact) mass is 393 g/mol. The van der Waals surface area contributed by atoms with Gasteiger partial charge in [0.25, 0.3) is 5.79 Å². The highest BCUT2D eigenvalue weighted by Crippen LogP contribution is 2.33. The van der Waals surface area contributed by atoms with Gasteiger partial charge in [0, 0.05) is 25.7 Å². The van der Waals surface area contributed by atoms with Gasteiger partial charge < -0.3 is 14.8 Å². The Bertz CT molecular complexity index is 613. The molecular weight excluding hydrogens is 385 g/mol. The fourth-order valence-corrected chi connectivity index (χ4v) is 2.29. The minimum Gasteiger partial charge on any atom is -0.419 e. The average molecular weight is 395 g/mol. The van der Waals surface area contributed by atoms with E-state index < -0.39 is 17.7 Å². The summed E-state index contributed by atoms with van der Waals surface area (Å²) in [6.45, 7) is 2.95. The molecule has 1 aliphatic rings. The van der Waals surface area contributed by atoms with E-state index in [0.29, 0.717) is 20.2 Å². The number of esters is 2. The first-order valence-electron chi connectivity index (χ1n) is 5.77. The Morgan fingerprint density at radius 1 is 1.14 bits per heavy atom. The van der Waals surface area contributed by atoms with Crippen LogP contribution in [0.4, 0.5) is 5.69 Å². The van der Waals surface area contributed by atoms with Gasteiger partial charge >= 0.3 is 11.9 Å². The lowest BCUT2D eigenvalue weighted by Crippen LogP contribution is -2.42. The fraction of sp³-hybridized carbons (Fsp3) is 0.231. The van der Waals surface area contributed by atoms with Crippen LogP contribution in [0.25, 0.3) is 0 Å². The average Bonchev–Trinajstić information content (AvgIpc) is 2.33. The number of halogens is 3. The molecule has 8 heteroatoms. The van der Waals surface area contributed by atoms with Crippen LogP contribution < -0.4 is 5.32 Å². The molecule has 112 valence electrons. The maximum atomic E-state index is 11.7. The van der Waals surface area contributed by atoms with Gasteiger partial charge in [0.15, 0.2) is 5.57 Å². The van der Waals surface area contributed by atoms with Crippen molar-refractivity contribution in [2.24, 2.45) is 0 Å². The third-order valence-corrected chi connectivity index (χ3v) is 4.39. The summed E-state index contributed by atoms with van der Waals surface area (Å²) in [4.78, 5) is 23.5. The van der Waals surface area contributed by atoms with E-state index in [1.807, 2.05) is 0 Å². The molecule has 0 aliphatic carbocycles. The topological polar surface area (TPSA) is 64.6 Å². The second-order valence-electron chi connectivity index (χ2n) is 4.64. The largest absolute Gasteiger partial charge is 0.419 e. The van der Waals surface area contributed by atoms with E-state index in [1.165, 1.54) is 20.0 Å². The Balaban J connectivity index is 2.22. The second-order valence-corrected chi connectivity index (χ2v) is 6.24. The van der Waals surface area contributed by atoms with Crippen molar-refractivity contribution in [2.45, 2.75) is 19.6 Å². The summed E-state index contributed by atoms with van der Waals surface area (Å²) in [5.41, 5.74) is 0.260. The molecule has 1 aromatic rings. The van der Waals surface area contributed by atoms with Crippen LogP contribution in [0.3, 0.4) is 0 Å². The number of hydrogen-bond donors (Lipinski definition) is 1. The first-order valence-corrected chi connectivity index (χ1v) is 7.32. The van der Waals surface area contributed by atoms with Gasteiger partial charge in [0.05, 0.1) is 14.5 Å². The van der Waals surface area contributed by atoms with E-state index in [4.69, 9.17) is 32.7 Å². The summed E-state index contributed by atoms with van der Waals surface area (Å²) in [5.74, 6) is -2.80. The maximum absolute atomic E-state index is 11.7. The molecule has 21 heavy (non-hydrogen) atoms. The lowest BCUT2D eigenvalue weighted by molar-refractivity contribution is -0.222. The van der Waals surface area contributed by atoms with Gasteiger partial charge in [-0.15, -0.1) is 0 Å². The Labute approximate surface area is 139 Å². The van der Waals surface area contributed by atoms with E-state index >= 15 is 0 Å². The quantitative estimate of drug-likeness (QED) is 0.357. The van der Waals surface area contributed by atoms with E-state index in [0.717, 1.165) is 0 Å². The van der Waals surface area contributed by atoms with Gasteiger partial charge in [0.2, 0.25) is 0 Å². The Morgan fingerprint density at radius 2 is 1.62 bits per heavy atom. The van der Waals surface area contributed by atoms with E-state index in [-0.39, 0.29) is 5.57 Å². The number of anilines is 1. The summed E-state index contributed by atoms with van der Waals surface area (Å²) in [7, 11) is 0. The van der Waals surface area contributed by atoms with Crippen molar-refractivity contribution < 1.29 is 19.1 Å². The number of hydrogen-bond acceptors (Lipinski definition) is 5. The van der Waals surface area contributed by atoms with Crippen LogP contribution in [0.2, 0.25) is 10.0 Å². The fourth-order valence-electron chi connectivity index (χ4n) is 1.57. The van der Waals surface area contributed by atoms with Crippen LogP contribution >= 0.6 is 39.1 Å². The van der Waals surface area contributed by atoms with Crippen molar-refractivity contribution in [3.05, 3.63) is 38.4 Å². The first-order chi connectivity index (χ1) is 9.69. The number of benzene rings is 1. The van der Waals surface area contributed by atoms with Crippen LogP contribution in [0.15, 0.2) is 28.4 Å². The van der Waals surface area contributed by atoms with Gasteiger partial charge in [-0.25, -0.2) is 9.59 Å². The SMILES string of the molecule is CC1(C)OC(=O)C(=CNc2cc(Cl)c(Br)c(Cl)c2)C(=O)O1. The summed E-state index contributed by atoms with van der Waals surface area (Å²) < 4.78 is 10.5. The van der Waals surface area contributed by atoms with Gasteiger partial charge in [-0.3, -0.25) is 0 Å². The van der Waals surface area contributed by atoms with Gasteiger partial charge in [0.1, 0.15) is 0 Å². The standard InChI is InChI=1S/C13H10BrCl2NO4/c1-13(2)20-11(18)7(12(19)21-13)5-17-6-3-8(15)10(14)9(16)4-6/h3-5,17H,1-2H3. The van der Waals surface area contributed by atoms with Gasteiger partial charge in [-0.1, -0.05) is 23.2 Å². The third-order valence-electron chi connectivity index (χ3n) is 2.48. The number of nitrogens with one attached hydrogen (secondary N) is 1. The van der Waals surface area contributed by atoms with Crippen molar-refractivity contribution in [3.63, 3.8) is 0 Å². The molecule has 0 radical (unpaired) electrons. The van der Waals surface area contributed by atoms with Crippen molar-refractivity contribution >= 4 is 56.8 Å². The molecule has 0 bridgehead atoms. The molecule has 1 aliphatic heterocycles. The summed E-state index contributed by atoms with van der Waals surface area (Å²) in [6.07, 6.45) is 1.19. The summed E-state index contributed by atoms with van der Waals surface area (Å²) in [5, 5.41) is 3.53. The van der Waals surface area contributed by atoms with Crippen LogP contribution in [0.1, 0.15) is 13.8 Å². The molecule has 0 saturated carbocycles. The Kier molecular flexibility index (Phi) is 4.51. The maximum Gasteiger partial charge on any atom is 0.350 e. The highest BCUT2D eigenvalue weighted by molar-refractivity contribution is 9.10. The number of cyclic esters (lactones) is 2. The molecule has 0 atom stereocenters. The number of carbonyl (C=O) groups excluding carboxylic acids is 2. The molecule has 0 aromatic heterocycles. The zero-order valence-electron chi connectivity index (χ0n) is 11.0. The molecule has 2 rings (SSSR count). The molecule has 0 unspecified atom stereocenters. The van der Waals surface area contributed by atoms with E-state index in [9.17, 15) is 9.59 Å². The number of rotatable bonds is 2. The minimum atomic E-state index is -1.27. The summed E-state index contributed by atoms with van der Waals surface area (Å²) in [6, 6.07) is 3.16. The summed E-state index contributed by atoms with van der Waals surface area (Å²) >= 11 is 15.1. The highest BCUT2D eigenvalue weighted by Gasteiger charge is 2.38. The third kappa shape index (κ3) is 3.70. The first kappa shape index (κ1) is 16.1. The predicted octanol–water partition coefficient (Wildman–Crippen LogP) is 3.89. The van der Waals surface area contributed by atoms with E-state index in [2.05, 4.69) is 21.2 Å². The van der Waals surface area contributed by atoms with Gasteiger partial charge in [-0.2, -0.15) is 0 Å². The molecule has 1 saturated heterocycles. The van der Waals surface area contributed by atoms with Crippen molar-refractivity contribution in [2.75, 3.05) is 5.32 Å². The van der Waals surface area contributed by atoms with Gasteiger partial charge in [-0.05, 0) is 28.1 Å².